The smallest absolute Gasteiger partial charge is 0.253 e. The monoisotopic (exact) mass is 371 g/mol. The van der Waals surface area contributed by atoms with Gasteiger partial charge in [0.2, 0.25) is 5.91 Å². The van der Waals surface area contributed by atoms with Crippen LogP contribution in [0.15, 0.2) is 48.8 Å². The Labute approximate surface area is 159 Å². The van der Waals surface area contributed by atoms with E-state index in [1.807, 2.05) is 53.4 Å². The number of hydrogen-bond donors (Lipinski definition) is 0. The number of benzene rings is 1. The molecule has 0 spiro atoms. The normalized spacial score (nSPS) is 14.4. The van der Waals surface area contributed by atoms with Crippen molar-refractivity contribution < 1.29 is 19.1 Å². The highest BCUT2D eigenvalue weighted by Gasteiger charge is 2.24. The van der Waals surface area contributed by atoms with Crippen LogP contribution in [0.3, 0.4) is 0 Å². The van der Waals surface area contributed by atoms with Gasteiger partial charge in [-0.15, -0.1) is 0 Å². The van der Waals surface area contributed by atoms with E-state index < -0.39 is 0 Å². The van der Waals surface area contributed by atoms with Crippen LogP contribution in [0.5, 0.6) is 0 Å². The molecule has 2 heterocycles. The number of nitrogens with zero attached hydrogens (tertiary/aromatic N) is 3. The van der Waals surface area contributed by atoms with E-state index in [2.05, 4.69) is 0 Å². The summed E-state index contributed by atoms with van der Waals surface area (Å²) in [7, 11) is 1.59. The summed E-state index contributed by atoms with van der Waals surface area (Å²) in [5, 5.41) is 0. The average molecular weight is 371 g/mol. The first kappa shape index (κ1) is 19.1. The molecule has 1 fully saturated rings. The van der Waals surface area contributed by atoms with E-state index in [9.17, 15) is 9.59 Å². The Hall–Kier alpha value is -2.64. The molecular weight excluding hydrogens is 346 g/mol. The van der Waals surface area contributed by atoms with E-state index in [-0.39, 0.29) is 18.4 Å². The van der Waals surface area contributed by atoms with Crippen LogP contribution >= 0.6 is 0 Å². The summed E-state index contributed by atoms with van der Waals surface area (Å²) >= 11 is 0. The Morgan fingerprint density at radius 1 is 0.926 bits per heavy atom. The van der Waals surface area contributed by atoms with Gasteiger partial charge in [0.25, 0.3) is 5.91 Å². The van der Waals surface area contributed by atoms with E-state index in [0.29, 0.717) is 45.0 Å². The second kappa shape index (κ2) is 9.34. The fraction of sp³-hybridized carbons (Fsp3) is 0.400. The molecule has 7 heteroatoms. The molecule has 2 amide bonds. The highest BCUT2D eigenvalue weighted by Crippen LogP contribution is 2.13. The van der Waals surface area contributed by atoms with Crippen molar-refractivity contribution in [2.75, 3.05) is 53.1 Å². The molecular formula is C20H25N3O4. The number of carbonyl (C=O) groups is 2. The molecule has 0 unspecified atom stereocenters. The van der Waals surface area contributed by atoms with Crippen molar-refractivity contribution in [2.45, 2.75) is 0 Å². The minimum atomic E-state index is -0.0470. The summed E-state index contributed by atoms with van der Waals surface area (Å²) in [5.74, 6) is -0.0493. The van der Waals surface area contributed by atoms with Crippen LogP contribution in [0.1, 0.15) is 10.4 Å². The van der Waals surface area contributed by atoms with E-state index in [1.54, 1.807) is 16.9 Å². The van der Waals surface area contributed by atoms with Gasteiger partial charge in [0, 0.05) is 56.9 Å². The number of ether oxygens (including phenoxy) is 2. The lowest BCUT2D eigenvalue weighted by molar-refractivity contribution is -0.138. The van der Waals surface area contributed by atoms with Crippen molar-refractivity contribution in [3.8, 4) is 5.69 Å². The van der Waals surface area contributed by atoms with Gasteiger partial charge in [0.15, 0.2) is 0 Å². The molecule has 144 valence electrons. The van der Waals surface area contributed by atoms with Crippen LogP contribution in [0, 0.1) is 0 Å². The zero-order chi connectivity index (χ0) is 19.1. The van der Waals surface area contributed by atoms with Crippen molar-refractivity contribution in [3.05, 3.63) is 54.4 Å². The predicted molar refractivity (Wildman–Crippen MR) is 101 cm³/mol. The number of carbonyl (C=O) groups excluding carboxylic acids is 2. The van der Waals surface area contributed by atoms with Gasteiger partial charge >= 0.3 is 0 Å². The van der Waals surface area contributed by atoms with Gasteiger partial charge in [-0.25, -0.2) is 0 Å². The average Bonchev–Trinajstić information content (AvgIpc) is 3.26. The van der Waals surface area contributed by atoms with Crippen LogP contribution in [0.4, 0.5) is 0 Å². The molecule has 3 rings (SSSR count). The van der Waals surface area contributed by atoms with E-state index in [0.717, 1.165) is 5.69 Å². The highest BCUT2D eigenvalue weighted by molar-refractivity contribution is 5.94. The van der Waals surface area contributed by atoms with E-state index in [4.69, 9.17) is 9.47 Å². The molecule has 27 heavy (non-hydrogen) atoms. The SMILES string of the molecule is COCCOCC(=O)N1CCN(C(=O)c2ccc(-n3cccc3)cc2)CC1. The van der Waals surface area contributed by atoms with Crippen molar-refractivity contribution in [1.82, 2.24) is 14.4 Å². The Morgan fingerprint density at radius 2 is 1.56 bits per heavy atom. The summed E-state index contributed by atoms with van der Waals surface area (Å²) in [5.41, 5.74) is 1.68. The quantitative estimate of drug-likeness (QED) is 0.691. The fourth-order valence-electron chi connectivity index (χ4n) is 3.02. The molecule has 0 aliphatic carbocycles. The zero-order valence-electron chi connectivity index (χ0n) is 15.5. The number of aromatic nitrogens is 1. The van der Waals surface area contributed by atoms with Gasteiger partial charge < -0.3 is 23.8 Å². The maximum Gasteiger partial charge on any atom is 0.253 e. The standard InChI is InChI=1S/C20H25N3O4/c1-26-14-15-27-16-19(24)22-10-12-23(13-11-22)20(25)17-4-6-18(7-5-17)21-8-2-3-9-21/h2-9H,10-16H2,1H3. The Bertz CT molecular complexity index is 735. The number of amides is 2. The minimum Gasteiger partial charge on any atom is -0.382 e. The number of rotatable bonds is 7. The molecule has 0 radical (unpaired) electrons. The molecule has 1 aliphatic rings. The molecule has 0 N–H and O–H groups in total. The van der Waals surface area contributed by atoms with E-state index in [1.165, 1.54) is 0 Å². The Morgan fingerprint density at radius 3 is 2.19 bits per heavy atom. The molecule has 7 nitrogen and oxygen atoms in total. The minimum absolute atomic E-state index is 0.00232. The van der Waals surface area contributed by atoms with Gasteiger partial charge in [-0.2, -0.15) is 0 Å². The highest BCUT2D eigenvalue weighted by atomic mass is 16.5. The lowest BCUT2D eigenvalue weighted by Gasteiger charge is -2.34. The molecule has 0 saturated carbocycles. The summed E-state index contributed by atoms with van der Waals surface area (Å²) in [6.45, 7) is 3.04. The molecule has 1 aromatic heterocycles. The van der Waals surface area contributed by atoms with Crippen LogP contribution in [-0.4, -0.2) is 79.3 Å². The third kappa shape index (κ3) is 4.96. The Kier molecular flexibility index (Phi) is 6.62. The van der Waals surface area contributed by atoms with Gasteiger partial charge in [-0.3, -0.25) is 9.59 Å². The van der Waals surface area contributed by atoms with E-state index >= 15 is 0 Å². The summed E-state index contributed by atoms with van der Waals surface area (Å²) in [4.78, 5) is 28.3. The lowest BCUT2D eigenvalue weighted by atomic mass is 10.1. The second-order valence-electron chi connectivity index (χ2n) is 6.36. The summed E-state index contributed by atoms with van der Waals surface area (Å²) in [6, 6.07) is 11.5. The number of piperazine rings is 1. The summed E-state index contributed by atoms with van der Waals surface area (Å²) in [6.07, 6.45) is 3.93. The first-order valence-corrected chi connectivity index (χ1v) is 9.06. The van der Waals surface area contributed by atoms with Crippen molar-refractivity contribution in [2.24, 2.45) is 0 Å². The van der Waals surface area contributed by atoms with Crippen LogP contribution in [0.25, 0.3) is 5.69 Å². The van der Waals surface area contributed by atoms with Crippen LogP contribution in [-0.2, 0) is 14.3 Å². The van der Waals surface area contributed by atoms with Crippen molar-refractivity contribution >= 4 is 11.8 Å². The largest absolute Gasteiger partial charge is 0.382 e. The Balaban J connectivity index is 1.49. The third-order valence-corrected chi connectivity index (χ3v) is 4.59. The van der Waals surface area contributed by atoms with Gasteiger partial charge in [0.1, 0.15) is 6.61 Å². The molecule has 1 saturated heterocycles. The maximum atomic E-state index is 12.7. The van der Waals surface area contributed by atoms with Crippen molar-refractivity contribution in [3.63, 3.8) is 0 Å². The van der Waals surface area contributed by atoms with Crippen molar-refractivity contribution in [1.29, 1.82) is 0 Å². The van der Waals surface area contributed by atoms with Gasteiger partial charge in [-0.1, -0.05) is 0 Å². The number of hydrogen-bond acceptors (Lipinski definition) is 4. The molecule has 1 aliphatic heterocycles. The predicted octanol–water partition coefficient (Wildman–Crippen LogP) is 1.42. The summed E-state index contributed by atoms with van der Waals surface area (Å²) < 4.78 is 12.2. The molecule has 0 atom stereocenters. The van der Waals surface area contributed by atoms with Gasteiger partial charge in [0.05, 0.1) is 13.2 Å². The van der Waals surface area contributed by atoms with Crippen LogP contribution in [0.2, 0.25) is 0 Å². The maximum absolute atomic E-state index is 12.7. The fourth-order valence-corrected chi connectivity index (χ4v) is 3.02. The first-order valence-electron chi connectivity index (χ1n) is 9.06. The topological polar surface area (TPSA) is 64.0 Å². The molecule has 1 aromatic carbocycles. The molecule has 2 aromatic rings. The van der Waals surface area contributed by atoms with Crippen LogP contribution < -0.4 is 0 Å². The van der Waals surface area contributed by atoms with Gasteiger partial charge in [-0.05, 0) is 36.4 Å². The third-order valence-electron chi connectivity index (χ3n) is 4.59. The first-order chi connectivity index (χ1) is 13.2. The number of methoxy groups -OCH3 is 1. The lowest BCUT2D eigenvalue weighted by Crippen LogP contribution is -2.51. The molecule has 0 bridgehead atoms. The second-order valence-corrected chi connectivity index (χ2v) is 6.36. The zero-order valence-corrected chi connectivity index (χ0v) is 15.5.